The van der Waals surface area contributed by atoms with Crippen molar-refractivity contribution >= 4 is 17.2 Å². The quantitative estimate of drug-likeness (QED) is 0.675. The number of nitrogens with zero attached hydrogens (tertiary/aromatic N) is 4. The van der Waals surface area contributed by atoms with Crippen molar-refractivity contribution in [3.63, 3.8) is 0 Å². The van der Waals surface area contributed by atoms with Gasteiger partial charge in [-0.2, -0.15) is 13.2 Å². The van der Waals surface area contributed by atoms with Crippen LogP contribution in [0.5, 0.6) is 0 Å². The van der Waals surface area contributed by atoms with Crippen molar-refractivity contribution in [1.29, 1.82) is 0 Å². The predicted molar refractivity (Wildman–Crippen MR) is 114 cm³/mol. The largest absolute Gasteiger partial charge is 0.417 e. The van der Waals surface area contributed by atoms with E-state index in [1.165, 1.54) is 11.6 Å². The van der Waals surface area contributed by atoms with Gasteiger partial charge in [-0.05, 0) is 68.7 Å². The molecule has 0 unspecified atom stereocenters. The molecule has 2 aliphatic rings. The molecule has 2 aromatic rings. The minimum Gasteiger partial charge on any atom is -0.371 e. The van der Waals surface area contributed by atoms with Crippen molar-refractivity contribution in [2.45, 2.75) is 44.8 Å². The van der Waals surface area contributed by atoms with Gasteiger partial charge in [0.15, 0.2) is 5.82 Å². The van der Waals surface area contributed by atoms with Gasteiger partial charge in [-0.25, -0.2) is 15.0 Å². The summed E-state index contributed by atoms with van der Waals surface area (Å²) in [5.74, 6) is 1.43. The van der Waals surface area contributed by atoms with E-state index in [0.717, 1.165) is 50.1 Å². The summed E-state index contributed by atoms with van der Waals surface area (Å²) >= 11 is 0. The lowest BCUT2D eigenvalue weighted by Gasteiger charge is -2.35. The molecule has 162 valence electrons. The number of halogens is 3. The van der Waals surface area contributed by atoms with E-state index in [0.29, 0.717) is 23.5 Å². The van der Waals surface area contributed by atoms with Crippen molar-refractivity contribution in [2.24, 2.45) is 0 Å². The Morgan fingerprint density at radius 1 is 1.06 bits per heavy atom. The molecule has 0 spiro atoms. The van der Waals surface area contributed by atoms with Gasteiger partial charge < -0.3 is 10.2 Å². The van der Waals surface area contributed by atoms with Crippen molar-refractivity contribution < 1.29 is 13.2 Å². The zero-order chi connectivity index (χ0) is 21.8. The average molecular weight is 427 g/mol. The molecule has 5 nitrogen and oxygen atoms in total. The van der Waals surface area contributed by atoms with Gasteiger partial charge in [-0.3, -0.25) is 0 Å². The maximum absolute atomic E-state index is 12.7. The molecule has 3 heterocycles. The van der Waals surface area contributed by atoms with E-state index in [4.69, 9.17) is 0 Å². The van der Waals surface area contributed by atoms with Crippen LogP contribution in [0.3, 0.4) is 0 Å². The summed E-state index contributed by atoms with van der Waals surface area (Å²) in [6.07, 6.45) is 10.8. The highest BCUT2D eigenvalue weighted by Gasteiger charge is 2.30. The van der Waals surface area contributed by atoms with Crippen molar-refractivity contribution in [3.05, 3.63) is 72.0 Å². The van der Waals surface area contributed by atoms with Gasteiger partial charge in [0.1, 0.15) is 11.6 Å². The molecule has 2 aromatic heterocycles. The molecule has 0 saturated heterocycles. The van der Waals surface area contributed by atoms with Crippen LogP contribution in [0.25, 0.3) is 5.57 Å². The van der Waals surface area contributed by atoms with Gasteiger partial charge in [0.05, 0.1) is 5.56 Å². The van der Waals surface area contributed by atoms with E-state index < -0.39 is 11.7 Å². The first-order valence-electron chi connectivity index (χ1n) is 10.3. The fourth-order valence-corrected chi connectivity index (χ4v) is 3.94. The number of aromatic nitrogens is 3. The maximum atomic E-state index is 12.7. The van der Waals surface area contributed by atoms with Crippen molar-refractivity contribution in [2.75, 3.05) is 11.9 Å². The van der Waals surface area contributed by atoms with Gasteiger partial charge in [0, 0.05) is 25.0 Å². The topological polar surface area (TPSA) is 53.9 Å². The van der Waals surface area contributed by atoms with E-state index in [1.807, 2.05) is 6.92 Å². The van der Waals surface area contributed by atoms with Crippen LogP contribution >= 0.6 is 0 Å². The summed E-state index contributed by atoms with van der Waals surface area (Å²) in [7, 11) is 0. The molecule has 1 aliphatic carbocycles. The van der Waals surface area contributed by atoms with Crippen molar-refractivity contribution in [3.8, 4) is 0 Å². The Hall–Kier alpha value is -3.16. The monoisotopic (exact) mass is 427 g/mol. The molecule has 0 radical (unpaired) electrons. The Morgan fingerprint density at radius 2 is 1.87 bits per heavy atom. The second kappa shape index (κ2) is 8.91. The molecule has 8 heteroatoms. The van der Waals surface area contributed by atoms with Crippen LogP contribution in [0.1, 0.15) is 44.0 Å². The van der Waals surface area contributed by atoms with E-state index in [-0.39, 0.29) is 0 Å². The summed E-state index contributed by atoms with van der Waals surface area (Å²) in [4.78, 5) is 15.2. The van der Waals surface area contributed by atoms with E-state index in [2.05, 4.69) is 49.6 Å². The average Bonchev–Trinajstić information content (AvgIpc) is 2.79. The number of nitrogens with one attached hydrogen (secondary N) is 1. The first-order valence-corrected chi connectivity index (χ1v) is 10.3. The van der Waals surface area contributed by atoms with Crippen LogP contribution in [0, 0.1) is 0 Å². The van der Waals surface area contributed by atoms with Crippen LogP contribution in [-0.4, -0.2) is 32.4 Å². The molecule has 0 bridgehead atoms. The smallest absolute Gasteiger partial charge is 0.371 e. The first kappa shape index (κ1) is 21.1. The third kappa shape index (κ3) is 5.13. The second-order valence-electron chi connectivity index (χ2n) is 7.75. The van der Waals surface area contributed by atoms with Gasteiger partial charge in [0.2, 0.25) is 0 Å². The lowest BCUT2D eigenvalue weighted by atomic mass is 9.87. The molecule has 4 rings (SSSR count). The van der Waals surface area contributed by atoms with E-state index in [1.54, 1.807) is 12.3 Å². The zero-order valence-corrected chi connectivity index (χ0v) is 17.2. The number of rotatable bonds is 4. The SMILES string of the molecule is CC(=C1CCC(N2C=CC=CC2)CC1)c1nccc(Nc2ccc(C(F)(F)F)cn2)n1. The predicted octanol–water partition coefficient (Wildman–Crippen LogP) is 5.74. The molecule has 1 saturated carbocycles. The Bertz CT molecular complexity index is 999. The van der Waals surface area contributed by atoms with Gasteiger partial charge in [-0.1, -0.05) is 17.7 Å². The van der Waals surface area contributed by atoms with Gasteiger partial charge >= 0.3 is 6.18 Å². The maximum Gasteiger partial charge on any atom is 0.417 e. The summed E-state index contributed by atoms with van der Waals surface area (Å²) in [5.41, 5.74) is 1.64. The highest BCUT2D eigenvalue weighted by molar-refractivity contribution is 5.63. The minimum atomic E-state index is -4.41. The van der Waals surface area contributed by atoms with Crippen LogP contribution in [0.15, 0.2) is 60.6 Å². The van der Waals surface area contributed by atoms with E-state index >= 15 is 0 Å². The number of hydrogen-bond acceptors (Lipinski definition) is 5. The van der Waals surface area contributed by atoms with Crippen molar-refractivity contribution in [1.82, 2.24) is 19.9 Å². The molecule has 1 aliphatic heterocycles. The highest BCUT2D eigenvalue weighted by atomic mass is 19.4. The first-order chi connectivity index (χ1) is 14.9. The Morgan fingerprint density at radius 3 is 2.52 bits per heavy atom. The van der Waals surface area contributed by atoms with Gasteiger partial charge in [0.25, 0.3) is 0 Å². The molecule has 0 amide bonds. The van der Waals surface area contributed by atoms with Crippen LogP contribution in [-0.2, 0) is 6.18 Å². The third-order valence-corrected chi connectivity index (χ3v) is 5.74. The normalized spacial score (nSPS) is 18.9. The molecular weight excluding hydrogens is 403 g/mol. The second-order valence-corrected chi connectivity index (χ2v) is 7.75. The summed E-state index contributed by atoms with van der Waals surface area (Å²) in [6, 6.07) is 4.52. The van der Waals surface area contributed by atoms with Crippen LogP contribution in [0.2, 0.25) is 0 Å². The van der Waals surface area contributed by atoms with Crippen LogP contribution in [0.4, 0.5) is 24.8 Å². The highest BCUT2D eigenvalue weighted by Crippen LogP contribution is 2.33. The number of allylic oxidation sites excluding steroid dienone is 4. The van der Waals surface area contributed by atoms with E-state index in [9.17, 15) is 13.2 Å². The minimum absolute atomic E-state index is 0.298. The summed E-state index contributed by atoms with van der Waals surface area (Å²) < 4.78 is 38.1. The van der Waals surface area contributed by atoms with Gasteiger partial charge in [-0.15, -0.1) is 0 Å². The molecule has 0 aromatic carbocycles. The molecule has 1 N–H and O–H groups in total. The lowest BCUT2D eigenvalue weighted by molar-refractivity contribution is -0.137. The molecule has 0 atom stereocenters. The lowest BCUT2D eigenvalue weighted by Crippen LogP contribution is -2.34. The number of alkyl halides is 3. The number of pyridine rings is 1. The number of anilines is 2. The molecule has 1 fully saturated rings. The standard InChI is InChI=1S/C23H24F3N5/c1-16(17-5-8-19(9-6-17)31-13-3-2-4-14-31)22-27-12-11-21(30-22)29-20-10-7-18(15-28-20)23(24,25)26/h2-4,7,10-13,15,19H,5-6,8-9,14H2,1H3,(H,27,28,29,30). The fraction of sp³-hybridized carbons (Fsp3) is 0.348. The van der Waals surface area contributed by atoms with Crippen LogP contribution < -0.4 is 5.32 Å². The molecule has 31 heavy (non-hydrogen) atoms. The number of hydrogen-bond donors (Lipinski definition) is 1. The summed E-state index contributed by atoms with van der Waals surface area (Å²) in [6.45, 7) is 3.00. The zero-order valence-electron chi connectivity index (χ0n) is 17.2. The Kier molecular flexibility index (Phi) is 6.06. The Balaban J connectivity index is 1.43. The summed E-state index contributed by atoms with van der Waals surface area (Å²) in [5, 5.41) is 2.96. The fourth-order valence-electron chi connectivity index (χ4n) is 3.94. The third-order valence-electron chi connectivity index (χ3n) is 5.74. The Labute approximate surface area is 179 Å². The molecular formula is C23H24F3N5.